The highest BCUT2D eigenvalue weighted by Gasteiger charge is 2.17. The summed E-state index contributed by atoms with van der Waals surface area (Å²) < 4.78 is 0. The molecule has 194 valence electrons. The molecule has 0 atom stereocenters. The van der Waals surface area contributed by atoms with Gasteiger partial charge >= 0.3 is 0 Å². The van der Waals surface area contributed by atoms with Crippen LogP contribution in [-0.2, 0) is 0 Å². The molecule has 7 aromatic rings. The molecular weight excluding hydrogens is 496 g/mol. The number of benzene rings is 5. The van der Waals surface area contributed by atoms with E-state index in [9.17, 15) is 0 Å². The third kappa shape index (κ3) is 4.70. The highest BCUT2D eigenvalue weighted by molar-refractivity contribution is 6.10. The predicted molar refractivity (Wildman–Crippen MR) is 171 cm³/mol. The summed E-state index contributed by atoms with van der Waals surface area (Å²) in [5.74, 6) is 0. The fourth-order valence-electron chi connectivity index (χ4n) is 5.70. The van der Waals surface area contributed by atoms with E-state index in [1.54, 1.807) is 0 Å². The van der Waals surface area contributed by atoms with Crippen LogP contribution >= 0.6 is 0 Å². The molecule has 0 saturated carbocycles. The van der Waals surface area contributed by atoms with Crippen molar-refractivity contribution in [3.05, 3.63) is 157 Å². The SMILES string of the molecule is Cc1ccc(-c2ccc(-c3cccc(-c4ccccn4)c3)c3c(-c4ccccc4)ccnc23)cc1-c1ccccc1. The molecule has 0 radical (unpaired) electrons. The molecule has 5 aromatic carbocycles. The van der Waals surface area contributed by atoms with Gasteiger partial charge in [0.25, 0.3) is 0 Å². The fourth-order valence-corrected chi connectivity index (χ4v) is 5.70. The number of aromatic nitrogens is 2. The molecule has 2 nitrogen and oxygen atoms in total. The van der Waals surface area contributed by atoms with Gasteiger partial charge in [0.15, 0.2) is 0 Å². The van der Waals surface area contributed by atoms with Crippen molar-refractivity contribution in [2.75, 3.05) is 0 Å². The molecular formula is C39H28N2. The minimum atomic E-state index is 0.963. The van der Waals surface area contributed by atoms with Crippen LogP contribution in [0.1, 0.15) is 5.56 Å². The van der Waals surface area contributed by atoms with Gasteiger partial charge in [-0.1, -0.05) is 109 Å². The van der Waals surface area contributed by atoms with Crippen molar-refractivity contribution in [1.82, 2.24) is 9.97 Å². The molecule has 41 heavy (non-hydrogen) atoms. The molecule has 0 spiro atoms. The highest BCUT2D eigenvalue weighted by atomic mass is 14.7. The average molecular weight is 525 g/mol. The van der Waals surface area contributed by atoms with Gasteiger partial charge in [0.1, 0.15) is 0 Å². The summed E-state index contributed by atoms with van der Waals surface area (Å²) in [6.45, 7) is 2.17. The van der Waals surface area contributed by atoms with Gasteiger partial charge in [-0.25, -0.2) is 0 Å². The molecule has 2 heteroatoms. The Morgan fingerprint density at radius 2 is 1.02 bits per heavy atom. The number of nitrogens with zero attached hydrogens (tertiary/aromatic N) is 2. The zero-order chi connectivity index (χ0) is 27.6. The smallest absolute Gasteiger partial charge is 0.0792 e. The summed E-state index contributed by atoms with van der Waals surface area (Å²) in [5.41, 5.74) is 13.7. The Balaban J connectivity index is 1.48. The molecule has 0 aliphatic carbocycles. The van der Waals surface area contributed by atoms with Gasteiger partial charge < -0.3 is 0 Å². The van der Waals surface area contributed by atoms with Crippen LogP contribution in [0.15, 0.2) is 152 Å². The van der Waals surface area contributed by atoms with Crippen molar-refractivity contribution in [2.24, 2.45) is 0 Å². The van der Waals surface area contributed by atoms with Crippen LogP contribution in [-0.4, -0.2) is 9.97 Å². The van der Waals surface area contributed by atoms with Crippen molar-refractivity contribution < 1.29 is 0 Å². The summed E-state index contributed by atoms with van der Waals surface area (Å²) >= 11 is 0. The molecule has 2 heterocycles. The summed E-state index contributed by atoms with van der Waals surface area (Å²) in [6.07, 6.45) is 3.78. The standard InChI is InChI=1S/C39H28N2/c1-27-18-19-31(26-36(27)29-13-6-3-7-14-29)35-21-20-33(30-15-10-16-32(25-30)37-17-8-9-23-40-37)38-34(22-24-41-39(35)38)28-11-4-2-5-12-28/h2-26H,1H3. The third-order valence-corrected chi connectivity index (χ3v) is 7.74. The Labute approximate surface area is 240 Å². The van der Waals surface area contributed by atoms with Crippen molar-refractivity contribution in [2.45, 2.75) is 6.92 Å². The Morgan fingerprint density at radius 1 is 0.390 bits per heavy atom. The molecule has 0 fully saturated rings. The number of hydrogen-bond acceptors (Lipinski definition) is 2. The topological polar surface area (TPSA) is 25.8 Å². The lowest BCUT2D eigenvalue weighted by molar-refractivity contribution is 1.33. The van der Waals surface area contributed by atoms with Crippen molar-refractivity contribution in [3.8, 4) is 55.8 Å². The van der Waals surface area contributed by atoms with E-state index in [1.165, 1.54) is 27.8 Å². The number of rotatable bonds is 5. The molecule has 0 bridgehead atoms. The second kappa shape index (κ2) is 10.7. The second-order valence-corrected chi connectivity index (χ2v) is 10.3. The van der Waals surface area contributed by atoms with E-state index in [-0.39, 0.29) is 0 Å². The zero-order valence-electron chi connectivity index (χ0n) is 22.8. The normalized spacial score (nSPS) is 11.0. The van der Waals surface area contributed by atoms with Crippen LogP contribution in [0.5, 0.6) is 0 Å². The van der Waals surface area contributed by atoms with E-state index in [1.807, 2.05) is 24.5 Å². The van der Waals surface area contributed by atoms with Crippen LogP contribution in [0.4, 0.5) is 0 Å². The van der Waals surface area contributed by atoms with Crippen LogP contribution in [0.2, 0.25) is 0 Å². The molecule has 0 N–H and O–H groups in total. The van der Waals surface area contributed by atoms with E-state index in [4.69, 9.17) is 4.98 Å². The number of hydrogen-bond donors (Lipinski definition) is 0. The highest BCUT2D eigenvalue weighted by Crippen LogP contribution is 2.41. The third-order valence-electron chi connectivity index (χ3n) is 7.74. The van der Waals surface area contributed by atoms with Gasteiger partial charge in [-0.2, -0.15) is 0 Å². The summed E-state index contributed by atoms with van der Waals surface area (Å²) in [6, 6.07) is 49.3. The second-order valence-electron chi connectivity index (χ2n) is 10.3. The van der Waals surface area contributed by atoms with Gasteiger partial charge in [-0.3, -0.25) is 9.97 Å². The van der Waals surface area contributed by atoms with E-state index >= 15 is 0 Å². The lowest BCUT2D eigenvalue weighted by atomic mass is 9.88. The minimum Gasteiger partial charge on any atom is -0.256 e. The largest absolute Gasteiger partial charge is 0.256 e. The van der Waals surface area contributed by atoms with Gasteiger partial charge in [0.05, 0.1) is 11.2 Å². The first kappa shape index (κ1) is 24.7. The molecule has 0 unspecified atom stereocenters. The van der Waals surface area contributed by atoms with Gasteiger partial charge in [0, 0.05) is 28.9 Å². The first-order valence-corrected chi connectivity index (χ1v) is 13.9. The van der Waals surface area contributed by atoms with Crippen LogP contribution < -0.4 is 0 Å². The lowest BCUT2D eigenvalue weighted by Crippen LogP contribution is -1.93. The Bertz CT molecular complexity index is 1980. The molecule has 2 aromatic heterocycles. The van der Waals surface area contributed by atoms with Gasteiger partial charge in [0.2, 0.25) is 0 Å². The number of pyridine rings is 2. The van der Waals surface area contributed by atoms with Crippen molar-refractivity contribution in [1.29, 1.82) is 0 Å². The van der Waals surface area contributed by atoms with Gasteiger partial charge in [-0.15, -0.1) is 0 Å². The van der Waals surface area contributed by atoms with Crippen LogP contribution in [0.25, 0.3) is 66.7 Å². The summed E-state index contributed by atoms with van der Waals surface area (Å²) in [7, 11) is 0. The van der Waals surface area contributed by atoms with Crippen molar-refractivity contribution >= 4 is 10.9 Å². The van der Waals surface area contributed by atoms with E-state index < -0.39 is 0 Å². The monoisotopic (exact) mass is 524 g/mol. The van der Waals surface area contributed by atoms with Crippen LogP contribution in [0, 0.1) is 6.92 Å². The van der Waals surface area contributed by atoms with E-state index in [0.717, 1.165) is 44.4 Å². The first-order valence-electron chi connectivity index (χ1n) is 13.9. The Hall–Kier alpha value is -5.34. The zero-order valence-corrected chi connectivity index (χ0v) is 22.8. The van der Waals surface area contributed by atoms with E-state index in [2.05, 4.69) is 139 Å². The Kier molecular flexibility index (Phi) is 6.42. The maximum Gasteiger partial charge on any atom is 0.0792 e. The Morgan fingerprint density at radius 3 is 1.78 bits per heavy atom. The van der Waals surface area contributed by atoms with Crippen molar-refractivity contribution in [3.63, 3.8) is 0 Å². The number of aryl methyl sites for hydroxylation is 1. The molecule has 0 aliphatic rings. The molecule has 7 rings (SSSR count). The lowest BCUT2D eigenvalue weighted by Gasteiger charge is -2.17. The molecule has 0 amide bonds. The average Bonchev–Trinajstić information content (AvgIpc) is 3.05. The maximum atomic E-state index is 5.02. The fraction of sp³-hybridized carbons (Fsp3) is 0.0256. The quantitative estimate of drug-likeness (QED) is 0.224. The summed E-state index contributed by atoms with van der Waals surface area (Å²) in [5, 5.41) is 1.15. The predicted octanol–water partition coefficient (Wildman–Crippen LogP) is 10.3. The maximum absolute atomic E-state index is 5.02. The number of fused-ring (bicyclic) bond motifs is 1. The molecule has 0 saturated heterocycles. The minimum absolute atomic E-state index is 0.963. The van der Waals surface area contributed by atoms with Gasteiger partial charge in [-0.05, 0) is 81.8 Å². The summed E-state index contributed by atoms with van der Waals surface area (Å²) in [4.78, 5) is 9.62. The first-order chi connectivity index (χ1) is 20.3. The molecule has 0 aliphatic heterocycles. The van der Waals surface area contributed by atoms with E-state index in [0.29, 0.717) is 0 Å². The van der Waals surface area contributed by atoms with Crippen LogP contribution in [0.3, 0.4) is 0 Å².